The minimum absolute atomic E-state index is 0.323. The molecule has 138 valence electrons. The normalized spacial score (nSPS) is 15.1. The third-order valence-corrected chi connectivity index (χ3v) is 4.89. The Morgan fingerprint density at radius 2 is 2.11 bits per heavy atom. The average Bonchev–Trinajstić information content (AvgIpc) is 3.11. The van der Waals surface area contributed by atoms with E-state index in [0.29, 0.717) is 28.6 Å². The number of piperidine rings is 1. The van der Waals surface area contributed by atoms with Gasteiger partial charge in [0.05, 0.1) is 12.4 Å². The van der Waals surface area contributed by atoms with Crippen LogP contribution in [0.3, 0.4) is 0 Å². The molecule has 4 rings (SSSR count). The number of aromatic nitrogens is 4. The zero-order chi connectivity index (χ0) is 18.8. The summed E-state index contributed by atoms with van der Waals surface area (Å²) in [6, 6.07) is 1.77. The third-order valence-electron chi connectivity index (χ3n) is 4.89. The highest BCUT2D eigenvalue weighted by Crippen LogP contribution is 2.27. The Morgan fingerprint density at radius 1 is 1.30 bits per heavy atom. The minimum atomic E-state index is -0.378. The van der Waals surface area contributed by atoms with Gasteiger partial charge in [0.15, 0.2) is 5.65 Å². The summed E-state index contributed by atoms with van der Waals surface area (Å²) in [7, 11) is 0. The molecule has 6 nitrogen and oxygen atoms in total. The molecule has 0 spiro atoms. The Labute approximate surface area is 156 Å². The van der Waals surface area contributed by atoms with E-state index < -0.39 is 0 Å². The number of fused-ring (bicyclic) bond motifs is 1. The maximum atomic E-state index is 13.5. The molecule has 3 aromatic rings. The highest BCUT2D eigenvalue weighted by atomic mass is 19.1. The van der Waals surface area contributed by atoms with E-state index >= 15 is 0 Å². The van der Waals surface area contributed by atoms with Crippen LogP contribution in [-0.2, 0) is 0 Å². The van der Waals surface area contributed by atoms with Crippen molar-refractivity contribution in [1.82, 2.24) is 24.8 Å². The molecule has 1 aliphatic rings. The summed E-state index contributed by atoms with van der Waals surface area (Å²) in [4.78, 5) is 18.4. The number of nitrogens with one attached hydrogen (secondary N) is 2. The Hall–Kier alpha value is -3.22. The maximum Gasteiger partial charge on any atom is 0.156 e. The van der Waals surface area contributed by atoms with Gasteiger partial charge in [-0.15, -0.1) is 0 Å². The number of likely N-dealkylation sites (tertiary alicyclic amines) is 1. The van der Waals surface area contributed by atoms with Crippen LogP contribution >= 0.6 is 0 Å². The number of rotatable bonds is 5. The predicted molar refractivity (Wildman–Crippen MR) is 105 cm³/mol. The molecule has 27 heavy (non-hydrogen) atoms. The second-order valence-corrected chi connectivity index (χ2v) is 6.65. The van der Waals surface area contributed by atoms with E-state index in [1.165, 1.54) is 12.3 Å². The van der Waals surface area contributed by atoms with Gasteiger partial charge >= 0.3 is 0 Å². The molecular formula is C20H21FN6. The molecule has 0 amide bonds. The Balaban J connectivity index is 1.53. The summed E-state index contributed by atoms with van der Waals surface area (Å²) >= 11 is 0. The van der Waals surface area contributed by atoms with Gasteiger partial charge in [0.1, 0.15) is 17.2 Å². The fourth-order valence-corrected chi connectivity index (χ4v) is 3.39. The molecule has 0 radical (unpaired) electrons. The van der Waals surface area contributed by atoms with Crippen molar-refractivity contribution in [2.24, 2.45) is 0 Å². The van der Waals surface area contributed by atoms with Gasteiger partial charge in [0.2, 0.25) is 0 Å². The van der Waals surface area contributed by atoms with Crippen LogP contribution in [0.2, 0.25) is 0 Å². The van der Waals surface area contributed by atoms with Crippen LogP contribution in [0, 0.1) is 5.82 Å². The van der Waals surface area contributed by atoms with Crippen LogP contribution in [-0.4, -0.2) is 44.0 Å². The second kappa shape index (κ2) is 7.19. The topological polar surface area (TPSA) is 69.7 Å². The molecule has 0 bridgehead atoms. The lowest BCUT2D eigenvalue weighted by molar-refractivity contribution is 0.280. The fraction of sp³-hybridized carbons (Fsp3) is 0.250. The van der Waals surface area contributed by atoms with Crippen LogP contribution in [0.5, 0.6) is 0 Å². The summed E-state index contributed by atoms with van der Waals surface area (Å²) in [6.07, 6.45) is 10.1. The van der Waals surface area contributed by atoms with Gasteiger partial charge in [-0.25, -0.2) is 14.4 Å². The first-order valence-corrected chi connectivity index (χ1v) is 8.92. The number of allylic oxidation sites excluding steroid dienone is 1. The summed E-state index contributed by atoms with van der Waals surface area (Å²) in [5.41, 5.74) is 3.78. The van der Waals surface area contributed by atoms with E-state index in [9.17, 15) is 4.39 Å². The number of nitrogens with zero attached hydrogens (tertiary/aromatic N) is 4. The van der Waals surface area contributed by atoms with Crippen molar-refractivity contribution in [3.8, 4) is 11.1 Å². The van der Waals surface area contributed by atoms with Crippen molar-refractivity contribution in [1.29, 1.82) is 0 Å². The molecule has 7 heteroatoms. The van der Waals surface area contributed by atoms with Crippen LogP contribution < -0.4 is 5.32 Å². The number of anilines is 1. The predicted octanol–water partition coefficient (Wildman–Crippen LogP) is 3.74. The molecule has 2 N–H and O–H groups in total. The number of halogens is 1. The Bertz CT molecular complexity index is 987. The molecule has 0 aliphatic carbocycles. The standard InChI is InChI=1S/C20H21FN6/c1-3-13(2)27-6-4-16(5-7-27)25-18-12-24-20-19(26-18)17(11-23-20)14-8-15(21)10-22-9-14/h3,8-12,16H,1-2,4-7H2,(H,23,24)(H,25,26). The van der Waals surface area contributed by atoms with Crippen molar-refractivity contribution in [3.63, 3.8) is 0 Å². The van der Waals surface area contributed by atoms with E-state index in [1.807, 2.05) is 0 Å². The highest BCUT2D eigenvalue weighted by Gasteiger charge is 2.20. The Kier molecular flexibility index (Phi) is 4.58. The quantitative estimate of drug-likeness (QED) is 0.675. The number of aromatic amines is 1. The smallest absolute Gasteiger partial charge is 0.156 e. The lowest BCUT2D eigenvalue weighted by Gasteiger charge is -2.34. The van der Waals surface area contributed by atoms with E-state index in [0.717, 1.165) is 37.2 Å². The molecule has 0 aromatic carbocycles. The zero-order valence-corrected chi connectivity index (χ0v) is 15.0. The van der Waals surface area contributed by atoms with Gasteiger partial charge in [0, 0.05) is 48.3 Å². The molecule has 1 fully saturated rings. The molecule has 1 saturated heterocycles. The summed E-state index contributed by atoms with van der Waals surface area (Å²) in [5, 5.41) is 3.47. The molecular weight excluding hydrogens is 343 g/mol. The van der Waals surface area contributed by atoms with Crippen LogP contribution in [0.25, 0.3) is 22.3 Å². The van der Waals surface area contributed by atoms with E-state index in [2.05, 4.69) is 38.3 Å². The first kappa shape index (κ1) is 17.2. The van der Waals surface area contributed by atoms with Gasteiger partial charge in [-0.3, -0.25) is 4.98 Å². The Morgan fingerprint density at radius 3 is 2.85 bits per heavy atom. The summed E-state index contributed by atoms with van der Waals surface area (Å²) in [6.45, 7) is 9.65. The van der Waals surface area contributed by atoms with Gasteiger partial charge < -0.3 is 15.2 Å². The highest BCUT2D eigenvalue weighted by molar-refractivity contribution is 5.90. The van der Waals surface area contributed by atoms with Crippen molar-refractivity contribution in [2.75, 3.05) is 18.4 Å². The number of H-pyrrole nitrogens is 1. The number of pyridine rings is 1. The lowest BCUT2D eigenvalue weighted by atomic mass is 10.0. The summed E-state index contributed by atoms with van der Waals surface area (Å²) < 4.78 is 13.5. The van der Waals surface area contributed by atoms with Gasteiger partial charge in [-0.2, -0.15) is 0 Å². The van der Waals surface area contributed by atoms with Crippen LogP contribution in [0.1, 0.15) is 12.8 Å². The molecule has 3 aromatic heterocycles. The van der Waals surface area contributed by atoms with Crippen LogP contribution in [0.15, 0.2) is 55.8 Å². The van der Waals surface area contributed by atoms with Crippen molar-refractivity contribution in [3.05, 3.63) is 61.6 Å². The molecule has 4 heterocycles. The number of hydrogen-bond donors (Lipinski definition) is 2. The SMILES string of the molecule is C=CC(=C)N1CCC(Nc2cnc3[nH]cc(-c4cncc(F)c4)c3n2)CC1. The van der Waals surface area contributed by atoms with E-state index in [4.69, 9.17) is 4.98 Å². The second-order valence-electron chi connectivity index (χ2n) is 6.65. The fourth-order valence-electron chi connectivity index (χ4n) is 3.39. The van der Waals surface area contributed by atoms with E-state index in [-0.39, 0.29) is 5.82 Å². The summed E-state index contributed by atoms with van der Waals surface area (Å²) in [5.74, 6) is 0.339. The zero-order valence-electron chi connectivity index (χ0n) is 15.0. The van der Waals surface area contributed by atoms with E-state index in [1.54, 1.807) is 24.7 Å². The van der Waals surface area contributed by atoms with Crippen LogP contribution in [0.4, 0.5) is 10.2 Å². The van der Waals surface area contributed by atoms with Gasteiger partial charge in [-0.1, -0.05) is 13.2 Å². The average molecular weight is 364 g/mol. The molecule has 1 aliphatic heterocycles. The van der Waals surface area contributed by atoms with Gasteiger partial charge in [-0.05, 0) is 25.0 Å². The molecule has 0 saturated carbocycles. The first-order valence-electron chi connectivity index (χ1n) is 8.92. The van der Waals surface area contributed by atoms with Crippen molar-refractivity contribution >= 4 is 17.0 Å². The molecule has 0 unspecified atom stereocenters. The largest absolute Gasteiger partial charge is 0.372 e. The lowest BCUT2D eigenvalue weighted by Crippen LogP contribution is -2.38. The number of hydrogen-bond acceptors (Lipinski definition) is 5. The third kappa shape index (κ3) is 3.53. The van der Waals surface area contributed by atoms with Crippen molar-refractivity contribution < 1.29 is 4.39 Å². The maximum absolute atomic E-state index is 13.5. The van der Waals surface area contributed by atoms with Gasteiger partial charge in [0.25, 0.3) is 0 Å². The minimum Gasteiger partial charge on any atom is -0.372 e. The monoisotopic (exact) mass is 364 g/mol. The molecule has 0 atom stereocenters. The van der Waals surface area contributed by atoms with Crippen molar-refractivity contribution in [2.45, 2.75) is 18.9 Å². The first-order chi connectivity index (χ1) is 13.1.